The monoisotopic (exact) mass is 359 g/mol. The number of hydrogen-bond acceptors (Lipinski definition) is 2. The Morgan fingerprint density at radius 3 is 2.15 bits per heavy atom. The number of aryl methyl sites for hydroxylation is 2. The predicted molar refractivity (Wildman–Crippen MR) is 109 cm³/mol. The van der Waals surface area contributed by atoms with E-state index in [9.17, 15) is 4.79 Å². The third kappa shape index (κ3) is 4.98. The summed E-state index contributed by atoms with van der Waals surface area (Å²) in [6.45, 7) is 5.83. The molecule has 3 aromatic carbocycles. The van der Waals surface area contributed by atoms with E-state index in [0.717, 1.165) is 16.7 Å². The van der Waals surface area contributed by atoms with E-state index in [-0.39, 0.29) is 11.9 Å². The minimum atomic E-state index is -0.594. The molecule has 0 unspecified atom stereocenters. The van der Waals surface area contributed by atoms with E-state index in [1.807, 2.05) is 61.5 Å². The van der Waals surface area contributed by atoms with Gasteiger partial charge in [0.25, 0.3) is 5.91 Å². The topological polar surface area (TPSA) is 38.3 Å². The summed E-state index contributed by atoms with van der Waals surface area (Å²) >= 11 is 0. The van der Waals surface area contributed by atoms with Gasteiger partial charge < -0.3 is 10.1 Å². The molecule has 0 bridgehead atoms. The zero-order chi connectivity index (χ0) is 19.2. The van der Waals surface area contributed by atoms with Gasteiger partial charge in [-0.05, 0) is 49.6 Å². The minimum absolute atomic E-state index is 0.147. The lowest BCUT2D eigenvalue weighted by Crippen LogP contribution is -2.39. The summed E-state index contributed by atoms with van der Waals surface area (Å²) in [6.07, 6.45) is -0.594. The summed E-state index contributed by atoms with van der Waals surface area (Å²) in [5, 5.41) is 3.14. The van der Waals surface area contributed by atoms with Crippen LogP contribution in [-0.4, -0.2) is 12.0 Å². The maximum atomic E-state index is 12.8. The fourth-order valence-corrected chi connectivity index (χ4v) is 2.97. The third-order valence-electron chi connectivity index (χ3n) is 4.50. The highest BCUT2D eigenvalue weighted by molar-refractivity contribution is 5.81. The second-order valence-electron chi connectivity index (χ2n) is 6.84. The Balaban J connectivity index is 1.79. The van der Waals surface area contributed by atoms with Crippen molar-refractivity contribution in [3.05, 3.63) is 101 Å². The molecular weight excluding hydrogens is 334 g/mol. The summed E-state index contributed by atoms with van der Waals surface area (Å²) in [4.78, 5) is 12.8. The Kier molecular flexibility index (Phi) is 5.92. The van der Waals surface area contributed by atoms with E-state index in [4.69, 9.17) is 4.74 Å². The Morgan fingerprint density at radius 2 is 1.48 bits per heavy atom. The van der Waals surface area contributed by atoms with Crippen molar-refractivity contribution in [2.75, 3.05) is 0 Å². The largest absolute Gasteiger partial charge is 0.481 e. The van der Waals surface area contributed by atoms with Crippen LogP contribution in [0.3, 0.4) is 0 Å². The second-order valence-corrected chi connectivity index (χ2v) is 6.84. The summed E-state index contributed by atoms with van der Waals surface area (Å²) < 4.78 is 5.84. The first-order valence-corrected chi connectivity index (χ1v) is 9.18. The van der Waals surface area contributed by atoms with Crippen molar-refractivity contribution in [3.8, 4) is 5.75 Å². The zero-order valence-electron chi connectivity index (χ0n) is 16.0. The normalized spacial score (nSPS) is 12.9. The van der Waals surface area contributed by atoms with Crippen LogP contribution in [-0.2, 0) is 4.79 Å². The first-order valence-electron chi connectivity index (χ1n) is 9.18. The fourth-order valence-electron chi connectivity index (χ4n) is 2.97. The molecule has 27 heavy (non-hydrogen) atoms. The molecule has 3 aromatic rings. The Bertz CT molecular complexity index is 888. The first kappa shape index (κ1) is 18.7. The molecule has 0 saturated heterocycles. The lowest BCUT2D eigenvalue weighted by Gasteiger charge is -2.23. The van der Waals surface area contributed by atoms with Gasteiger partial charge in [0, 0.05) is 0 Å². The molecule has 1 N–H and O–H groups in total. The molecule has 0 radical (unpaired) electrons. The minimum Gasteiger partial charge on any atom is -0.481 e. The maximum Gasteiger partial charge on any atom is 0.261 e. The molecule has 3 heteroatoms. The predicted octanol–water partition coefficient (Wildman–Crippen LogP) is 4.98. The summed E-state index contributed by atoms with van der Waals surface area (Å²) in [6, 6.07) is 25.7. The van der Waals surface area contributed by atoms with Gasteiger partial charge in [0.2, 0.25) is 0 Å². The van der Waals surface area contributed by atoms with Crippen LogP contribution in [0.2, 0.25) is 0 Å². The fraction of sp³-hybridized carbons (Fsp3) is 0.208. The molecule has 3 nitrogen and oxygen atoms in total. The van der Waals surface area contributed by atoms with Crippen molar-refractivity contribution in [3.63, 3.8) is 0 Å². The molecule has 0 aliphatic heterocycles. The van der Waals surface area contributed by atoms with Crippen molar-refractivity contribution >= 4 is 5.91 Å². The van der Waals surface area contributed by atoms with Gasteiger partial charge in [-0.2, -0.15) is 0 Å². The van der Waals surface area contributed by atoms with Gasteiger partial charge in [0.05, 0.1) is 6.04 Å². The lowest BCUT2D eigenvalue weighted by atomic mass is 9.97. The third-order valence-corrected chi connectivity index (χ3v) is 4.50. The molecule has 0 aliphatic rings. The van der Waals surface area contributed by atoms with Gasteiger partial charge in [-0.25, -0.2) is 0 Å². The molecule has 0 heterocycles. The molecule has 0 saturated carbocycles. The molecular formula is C24H25NO2. The maximum absolute atomic E-state index is 12.8. The van der Waals surface area contributed by atoms with Gasteiger partial charge in [-0.3, -0.25) is 4.79 Å². The summed E-state index contributed by atoms with van der Waals surface area (Å²) in [7, 11) is 0. The number of benzene rings is 3. The number of rotatable bonds is 6. The van der Waals surface area contributed by atoms with Crippen molar-refractivity contribution < 1.29 is 9.53 Å². The average Bonchev–Trinajstić information content (AvgIpc) is 2.67. The highest BCUT2D eigenvalue weighted by Gasteiger charge is 2.21. The van der Waals surface area contributed by atoms with Crippen molar-refractivity contribution in [2.45, 2.75) is 32.9 Å². The van der Waals surface area contributed by atoms with Gasteiger partial charge in [0.1, 0.15) is 5.75 Å². The van der Waals surface area contributed by atoms with Crippen molar-refractivity contribution in [2.24, 2.45) is 0 Å². The number of carbonyl (C=O) groups excluding carboxylic acids is 1. The van der Waals surface area contributed by atoms with Gasteiger partial charge in [-0.1, -0.05) is 72.3 Å². The standard InChI is InChI=1S/C24H25NO2/c1-17-12-14-21(15-13-17)23(20-9-5-4-6-10-20)25-24(26)19(3)27-22-11-7-8-18(2)16-22/h4-16,19,23H,1-3H3,(H,25,26)/t19-,23-/m0/s1. The summed E-state index contributed by atoms with van der Waals surface area (Å²) in [5.41, 5.74) is 4.37. The molecule has 0 aromatic heterocycles. The summed E-state index contributed by atoms with van der Waals surface area (Å²) in [5.74, 6) is 0.551. The number of hydrogen-bond donors (Lipinski definition) is 1. The van der Waals surface area contributed by atoms with Gasteiger partial charge in [0.15, 0.2) is 6.10 Å². The molecule has 2 atom stereocenters. The molecule has 0 aliphatic carbocycles. The van der Waals surface area contributed by atoms with Gasteiger partial charge in [-0.15, -0.1) is 0 Å². The van der Waals surface area contributed by atoms with Crippen LogP contribution in [0.5, 0.6) is 5.75 Å². The average molecular weight is 359 g/mol. The zero-order valence-corrected chi connectivity index (χ0v) is 16.0. The SMILES string of the molecule is Cc1ccc([C@@H](NC(=O)[C@H](C)Oc2cccc(C)c2)c2ccccc2)cc1. The van der Waals surface area contributed by atoms with Crippen LogP contribution in [0.1, 0.15) is 35.2 Å². The molecule has 1 amide bonds. The smallest absolute Gasteiger partial charge is 0.261 e. The number of carbonyl (C=O) groups is 1. The number of ether oxygens (including phenoxy) is 1. The van der Waals surface area contributed by atoms with E-state index in [2.05, 4.69) is 36.5 Å². The molecule has 3 rings (SSSR count). The Hall–Kier alpha value is -3.07. The quantitative estimate of drug-likeness (QED) is 0.674. The first-order chi connectivity index (χ1) is 13.0. The molecule has 138 valence electrons. The second kappa shape index (κ2) is 8.54. The highest BCUT2D eigenvalue weighted by atomic mass is 16.5. The highest BCUT2D eigenvalue weighted by Crippen LogP contribution is 2.23. The van der Waals surface area contributed by atoms with E-state index in [0.29, 0.717) is 5.75 Å². The molecule has 0 fully saturated rings. The van der Waals surface area contributed by atoms with E-state index in [1.54, 1.807) is 6.92 Å². The van der Waals surface area contributed by atoms with E-state index >= 15 is 0 Å². The Morgan fingerprint density at radius 1 is 0.815 bits per heavy atom. The van der Waals surface area contributed by atoms with Crippen LogP contribution < -0.4 is 10.1 Å². The van der Waals surface area contributed by atoms with Crippen LogP contribution in [0.4, 0.5) is 0 Å². The van der Waals surface area contributed by atoms with E-state index in [1.165, 1.54) is 5.56 Å². The molecule has 0 spiro atoms. The lowest BCUT2D eigenvalue weighted by molar-refractivity contribution is -0.127. The number of amides is 1. The Labute approximate surface area is 161 Å². The van der Waals surface area contributed by atoms with Crippen molar-refractivity contribution in [1.29, 1.82) is 0 Å². The van der Waals surface area contributed by atoms with Crippen LogP contribution >= 0.6 is 0 Å². The van der Waals surface area contributed by atoms with E-state index < -0.39 is 6.10 Å². The number of nitrogens with one attached hydrogen (secondary N) is 1. The van der Waals surface area contributed by atoms with Gasteiger partial charge >= 0.3 is 0 Å². The van der Waals surface area contributed by atoms with Crippen LogP contribution in [0.25, 0.3) is 0 Å². The van der Waals surface area contributed by atoms with Crippen molar-refractivity contribution in [1.82, 2.24) is 5.32 Å². The van der Waals surface area contributed by atoms with Crippen LogP contribution in [0, 0.1) is 13.8 Å². The van der Waals surface area contributed by atoms with Crippen LogP contribution in [0.15, 0.2) is 78.9 Å².